The highest BCUT2D eigenvalue weighted by Crippen LogP contribution is 2.21. The molecular formula is C14H16F2N2O4. The Morgan fingerprint density at radius 1 is 1.36 bits per heavy atom. The van der Waals surface area contributed by atoms with Crippen molar-refractivity contribution in [2.75, 3.05) is 19.6 Å². The summed E-state index contributed by atoms with van der Waals surface area (Å²) in [6.45, 7) is 0.545. The smallest absolute Gasteiger partial charge is 0.345 e. The molecule has 0 bridgehead atoms. The predicted octanol–water partition coefficient (Wildman–Crippen LogP) is 2.48. The van der Waals surface area contributed by atoms with Crippen LogP contribution in [-0.2, 0) is 4.74 Å². The van der Waals surface area contributed by atoms with E-state index >= 15 is 0 Å². The molecule has 0 spiro atoms. The zero-order valence-corrected chi connectivity index (χ0v) is 11.8. The van der Waals surface area contributed by atoms with Crippen LogP contribution in [0.15, 0.2) is 24.3 Å². The van der Waals surface area contributed by atoms with E-state index in [0.29, 0.717) is 25.9 Å². The maximum absolute atomic E-state index is 12.3. The molecule has 1 saturated heterocycles. The van der Waals surface area contributed by atoms with Crippen molar-refractivity contribution in [2.45, 2.75) is 25.4 Å². The Hall–Kier alpha value is -2.09. The highest BCUT2D eigenvalue weighted by molar-refractivity contribution is 5.93. The summed E-state index contributed by atoms with van der Waals surface area (Å²) < 4.78 is 29.8. The third-order valence-electron chi connectivity index (χ3n) is 3.53. The zero-order chi connectivity index (χ0) is 16.1. The number of piperidine rings is 1. The number of hydrogen-bond donors (Lipinski definition) is 0. The van der Waals surface area contributed by atoms with Crippen LogP contribution in [-0.4, -0.2) is 48.0 Å². The first kappa shape index (κ1) is 16.3. The number of halogens is 2. The van der Waals surface area contributed by atoms with Gasteiger partial charge in [0, 0.05) is 19.2 Å². The van der Waals surface area contributed by atoms with Gasteiger partial charge in [0.25, 0.3) is 12.1 Å². The fourth-order valence-corrected chi connectivity index (χ4v) is 2.43. The summed E-state index contributed by atoms with van der Waals surface area (Å²) in [5.41, 5.74) is -0.398. The van der Waals surface area contributed by atoms with Crippen LogP contribution in [0.5, 0.6) is 0 Å². The van der Waals surface area contributed by atoms with E-state index in [1.165, 1.54) is 24.3 Å². The SMILES string of the molecule is O=C(OC1CCN(CC(F)F)CC1)c1ccccc1[N+](=O)[O-]. The Labute approximate surface area is 125 Å². The molecule has 0 N–H and O–H groups in total. The van der Waals surface area contributed by atoms with Crippen molar-refractivity contribution in [3.8, 4) is 0 Å². The summed E-state index contributed by atoms with van der Waals surface area (Å²) in [4.78, 5) is 23.9. The van der Waals surface area contributed by atoms with Crippen LogP contribution in [0.3, 0.4) is 0 Å². The fraction of sp³-hybridized carbons (Fsp3) is 0.500. The van der Waals surface area contributed by atoms with Crippen LogP contribution in [0.4, 0.5) is 14.5 Å². The largest absolute Gasteiger partial charge is 0.458 e. The summed E-state index contributed by atoms with van der Waals surface area (Å²) in [5, 5.41) is 10.9. The molecule has 1 aliphatic rings. The third kappa shape index (κ3) is 4.20. The topological polar surface area (TPSA) is 72.7 Å². The van der Waals surface area contributed by atoms with Gasteiger partial charge in [0.15, 0.2) is 0 Å². The lowest BCUT2D eigenvalue weighted by molar-refractivity contribution is -0.385. The monoisotopic (exact) mass is 314 g/mol. The summed E-state index contributed by atoms with van der Waals surface area (Å²) in [5.74, 6) is -0.750. The van der Waals surface area contributed by atoms with Crippen LogP contribution < -0.4 is 0 Å². The van der Waals surface area contributed by atoms with E-state index in [4.69, 9.17) is 4.74 Å². The molecule has 1 fully saturated rings. The van der Waals surface area contributed by atoms with Gasteiger partial charge in [-0.15, -0.1) is 0 Å². The molecule has 0 radical (unpaired) electrons. The minimum Gasteiger partial charge on any atom is -0.458 e. The number of hydrogen-bond acceptors (Lipinski definition) is 5. The van der Waals surface area contributed by atoms with Crippen LogP contribution in [0.25, 0.3) is 0 Å². The van der Waals surface area contributed by atoms with Gasteiger partial charge in [-0.1, -0.05) is 12.1 Å². The minimum atomic E-state index is -2.38. The van der Waals surface area contributed by atoms with Crippen molar-refractivity contribution in [1.82, 2.24) is 4.90 Å². The number of nitrogens with zero attached hydrogens (tertiary/aromatic N) is 2. The number of nitro benzene ring substituents is 1. The molecule has 22 heavy (non-hydrogen) atoms. The van der Waals surface area contributed by atoms with E-state index < -0.39 is 23.4 Å². The van der Waals surface area contributed by atoms with E-state index in [2.05, 4.69) is 0 Å². The number of carbonyl (C=O) groups excluding carboxylic acids is 1. The van der Waals surface area contributed by atoms with Crippen molar-refractivity contribution in [3.05, 3.63) is 39.9 Å². The van der Waals surface area contributed by atoms with Crippen molar-refractivity contribution in [1.29, 1.82) is 0 Å². The maximum Gasteiger partial charge on any atom is 0.345 e. The van der Waals surface area contributed by atoms with E-state index in [1.54, 1.807) is 4.90 Å². The van der Waals surface area contributed by atoms with Gasteiger partial charge in [0.1, 0.15) is 11.7 Å². The zero-order valence-electron chi connectivity index (χ0n) is 11.8. The molecular weight excluding hydrogens is 298 g/mol. The van der Waals surface area contributed by atoms with Crippen molar-refractivity contribution >= 4 is 11.7 Å². The first-order valence-electron chi connectivity index (χ1n) is 6.92. The second-order valence-corrected chi connectivity index (χ2v) is 5.07. The molecule has 0 aliphatic carbocycles. The van der Waals surface area contributed by atoms with Crippen molar-refractivity contribution < 1.29 is 23.2 Å². The normalized spacial score (nSPS) is 16.7. The maximum atomic E-state index is 12.3. The summed E-state index contributed by atoms with van der Waals surface area (Å²) >= 11 is 0. The summed E-state index contributed by atoms with van der Waals surface area (Å²) in [7, 11) is 0. The van der Waals surface area contributed by atoms with Gasteiger partial charge in [-0.05, 0) is 18.9 Å². The van der Waals surface area contributed by atoms with E-state index in [9.17, 15) is 23.7 Å². The third-order valence-corrected chi connectivity index (χ3v) is 3.53. The van der Waals surface area contributed by atoms with Gasteiger partial charge in [-0.2, -0.15) is 0 Å². The molecule has 1 heterocycles. The highest BCUT2D eigenvalue weighted by Gasteiger charge is 2.27. The quantitative estimate of drug-likeness (QED) is 0.474. The second-order valence-electron chi connectivity index (χ2n) is 5.07. The van der Waals surface area contributed by atoms with Gasteiger partial charge < -0.3 is 4.74 Å². The second kappa shape index (κ2) is 7.26. The van der Waals surface area contributed by atoms with Crippen LogP contribution >= 0.6 is 0 Å². The molecule has 0 aromatic heterocycles. The van der Waals surface area contributed by atoms with Crippen molar-refractivity contribution in [3.63, 3.8) is 0 Å². The van der Waals surface area contributed by atoms with Gasteiger partial charge in [-0.25, -0.2) is 13.6 Å². The lowest BCUT2D eigenvalue weighted by atomic mass is 10.1. The first-order valence-corrected chi connectivity index (χ1v) is 6.92. The molecule has 8 heteroatoms. The molecule has 6 nitrogen and oxygen atoms in total. The number of rotatable bonds is 5. The molecule has 1 aliphatic heterocycles. The lowest BCUT2D eigenvalue weighted by Gasteiger charge is -2.31. The average molecular weight is 314 g/mol. The number of esters is 1. The predicted molar refractivity (Wildman–Crippen MR) is 74.0 cm³/mol. The number of benzene rings is 1. The molecule has 0 atom stereocenters. The molecule has 1 aromatic rings. The highest BCUT2D eigenvalue weighted by atomic mass is 19.3. The Morgan fingerprint density at radius 3 is 2.59 bits per heavy atom. The van der Waals surface area contributed by atoms with E-state index in [0.717, 1.165) is 0 Å². The van der Waals surface area contributed by atoms with Crippen LogP contribution in [0, 0.1) is 10.1 Å². The lowest BCUT2D eigenvalue weighted by Crippen LogP contribution is -2.40. The van der Waals surface area contributed by atoms with Gasteiger partial charge >= 0.3 is 5.97 Å². The average Bonchev–Trinajstić information content (AvgIpc) is 2.48. The first-order chi connectivity index (χ1) is 10.5. The van der Waals surface area contributed by atoms with Crippen LogP contribution in [0.1, 0.15) is 23.2 Å². The number of likely N-dealkylation sites (tertiary alicyclic amines) is 1. The van der Waals surface area contributed by atoms with E-state index in [-0.39, 0.29) is 17.8 Å². The molecule has 0 saturated carbocycles. The van der Waals surface area contributed by atoms with E-state index in [1.807, 2.05) is 0 Å². The summed E-state index contributed by atoms with van der Waals surface area (Å²) in [6.07, 6.45) is -1.90. The minimum absolute atomic E-state index is 0.0949. The number of alkyl halides is 2. The van der Waals surface area contributed by atoms with Gasteiger partial charge in [0.2, 0.25) is 0 Å². The number of para-hydroxylation sites is 1. The van der Waals surface area contributed by atoms with Crippen LogP contribution in [0.2, 0.25) is 0 Å². The fourth-order valence-electron chi connectivity index (χ4n) is 2.43. The van der Waals surface area contributed by atoms with Gasteiger partial charge in [-0.3, -0.25) is 15.0 Å². The molecule has 120 valence electrons. The molecule has 0 unspecified atom stereocenters. The number of nitro groups is 1. The molecule has 2 rings (SSSR count). The molecule has 0 amide bonds. The Bertz CT molecular complexity index is 545. The summed E-state index contributed by atoms with van der Waals surface area (Å²) in [6, 6.07) is 5.57. The standard InChI is InChI=1S/C14H16F2N2O4/c15-13(16)9-17-7-5-10(6-8-17)22-14(19)11-3-1-2-4-12(11)18(20)21/h1-4,10,13H,5-9H2. The van der Waals surface area contributed by atoms with Crippen molar-refractivity contribution in [2.24, 2.45) is 0 Å². The Morgan fingerprint density at radius 2 is 2.00 bits per heavy atom. The Balaban J connectivity index is 1.93. The number of ether oxygens (including phenoxy) is 1. The number of carbonyl (C=O) groups is 1. The van der Waals surface area contributed by atoms with Gasteiger partial charge in [0.05, 0.1) is 11.5 Å². The Kier molecular flexibility index (Phi) is 5.37. The molecule has 1 aromatic carbocycles.